The third-order valence-corrected chi connectivity index (χ3v) is 3.47. The number of nitrogens with one attached hydrogen (secondary N) is 1. The van der Waals surface area contributed by atoms with E-state index in [0.29, 0.717) is 18.2 Å². The molecular formula is C12H8F4N2O2S. The molecule has 0 radical (unpaired) electrons. The molecule has 2 rings (SSSR count). The SMILES string of the molecule is Cc1nsc(Nc2cc(C(F)(F)F)ccc2F)c1C(=O)O. The second-order valence-electron chi connectivity index (χ2n) is 4.09. The molecule has 1 heterocycles. The van der Waals surface area contributed by atoms with Gasteiger partial charge in [-0.15, -0.1) is 0 Å². The largest absolute Gasteiger partial charge is 0.478 e. The van der Waals surface area contributed by atoms with E-state index < -0.39 is 29.2 Å². The zero-order chi connectivity index (χ0) is 15.8. The highest BCUT2D eigenvalue weighted by molar-refractivity contribution is 7.10. The normalized spacial score (nSPS) is 11.5. The third-order valence-electron chi connectivity index (χ3n) is 2.62. The summed E-state index contributed by atoms with van der Waals surface area (Å²) in [6.07, 6.45) is -4.62. The summed E-state index contributed by atoms with van der Waals surface area (Å²) in [6.45, 7) is 1.44. The lowest BCUT2D eigenvalue weighted by atomic mass is 10.2. The first-order chi connectivity index (χ1) is 9.70. The van der Waals surface area contributed by atoms with E-state index >= 15 is 0 Å². The van der Waals surface area contributed by atoms with Gasteiger partial charge in [-0.2, -0.15) is 17.5 Å². The van der Waals surface area contributed by atoms with Crippen LogP contribution < -0.4 is 5.32 Å². The lowest BCUT2D eigenvalue weighted by Gasteiger charge is -2.11. The van der Waals surface area contributed by atoms with Crippen LogP contribution in [0, 0.1) is 12.7 Å². The number of hydrogen-bond donors (Lipinski definition) is 2. The van der Waals surface area contributed by atoms with Crippen molar-refractivity contribution in [2.75, 3.05) is 5.32 Å². The molecule has 0 atom stereocenters. The number of carboxylic acids is 1. The van der Waals surface area contributed by atoms with Crippen molar-refractivity contribution in [3.05, 3.63) is 40.8 Å². The number of alkyl halides is 3. The predicted molar refractivity (Wildman–Crippen MR) is 68.5 cm³/mol. The summed E-state index contributed by atoms with van der Waals surface area (Å²) in [5.41, 5.74) is -1.50. The summed E-state index contributed by atoms with van der Waals surface area (Å²) in [5.74, 6) is -2.22. The molecule has 0 bridgehead atoms. The highest BCUT2D eigenvalue weighted by atomic mass is 32.1. The minimum Gasteiger partial charge on any atom is -0.478 e. The number of anilines is 2. The Labute approximate surface area is 120 Å². The summed E-state index contributed by atoms with van der Waals surface area (Å²) >= 11 is 0.732. The topological polar surface area (TPSA) is 62.2 Å². The van der Waals surface area contributed by atoms with Gasteiger partial charge in [-0.3, -0.25) is 0 Å². The van der Waals surface area contributed by atoms with E-state index in [1.165, 1.54) is 6.92 Å². The van der Waals surface area contributed by atoms with Gasteiger partial charge in [-0.05, 0) is 36.7 Å². The van der Waals surface area contributed by atoms with Gasteiger partial charge < -0.3 is 10.4 Å². The van der Waals surface area contributed by atoms with Crippen LogP contribution in [0.25, 0.3) is 0 Å². The molecule has 21 heavy (non-hydrogen) atoms. The number of carboxylic acid groups (broad SMARTS) is 1. The van der Waals surface area contributed by atoms with Crippen molar-refractivity contribution >= 4 is 28.2 Å². The van der Waals surface area contributed by atoms with Crippen LogP contribution in [-0.4, -0.2) is 15.4 Å². The van der Waals surface area contributed by atoms with Crippen LogP contribution in [0.2, 0.25) is 0 Å². The van der Waals surface area contributed by atoms with Crippen LogP contribution in [-0.2, 0) is 6.18 Å². The van der Waals surface area contributed by atoms with Crippen LogP contribution in [0.4, 0.5) is 28.3 Å². The summed E-state index contributed by atoms with van der Waals surface area (Å²) in [7, 11) is 0. The minimum atomic E-state index is -4.62. The molecule has 0 spiro atoms. The second-order valence-corrected chi connectivity index (χ2v) is 4.87. The molecule has 9 heteroatoms. The first-order valence-corrected chi connectivity index (χ1v) is 6.31. The Hall–Kier alpha value is -2.16. The average molecular weight is 320 g/mol. The van der Waals surface area contributed by atoms with Crippen LogP contribution >= 0.6 is 11.5 Å². The average Bonchev–Trinajstić information content (AvgIpc) is 2.72. The Bertz CT molecular complexity index is 697. The Morgan fingerprint density at radius 2 is 2.05 bits per heavy atom. The van der Waals surface area contributed by atoms with E-state index in [1.54, 1.807) is 0 Å². The Morgan fingerprint density at radius 1 is 1.38 bits per heavy atom. The predicted octanol–water partition coefficient (Wildman–Crippen LogP) is 4.05. The molecule has 1 aromatic heterocycles. The molecule has 2 N–H and O–H groups in total. The molecular weight excluding hydrogens is 312 g/mol. The number of aryl methyl sites for hydroxylation is 1. The van der Waals surface area contributed by atoms with Gasteiger partial charge in [0, 0.05) is 0 Å². The van der Waals surface area contributed by atoms with Gasteiger partial charge in [0.1, 0.15) is 16.4 Å². The number of halogens is 4. The molecule has 2 aromatic rings. The highest BCUT2D eigenvalue weighted by Crippen LogP contribution is 2.34. The molecule has 0 fully saturated rings. The maximum Gasteiger partial charge on any atom is 0.416 e. The Morgan fingerprint density at radius 3 is 2.62 bits per heavy atom. The molecule has 0 saturated carbocycles. The molecule has 1 aromatic carbocycles. The van der Waals surface area contributed by atoms with Gasteiger partial charge in [-0.25, -0.2) is 9.18 Å². The molecule has 0 aliphatic rings. The lowest BCUT2D eigenvalue weighted by molar-refractivity contribution is -0.137. The van der Waals surface area contributed by atoms with E-state index in [1.807, 2.05) is 0 Å². The van der Waals surface area contributed by atoms with E-state index in [0.717, 1.165) is 11.5 Å². The molecule has 112 valence electrons. The molecule has 0 amide bonds. The number of hydrogen-bond acceptors (Lipinski definition) is 4. The number of aromatic carboxylic acids is 1. The van der Waals surface area contributed by atoms with Crippen molar-refractivity contribution in [3.8, 4) is 0 Å². The van der Waals surface area contributed by atoms with Crippen molar-refractivity contribution in [2.24, 2.45) is 0 Å². The fourth-order valence-electron chi connectivity index (χ4n) is 1.63. The first kappa shape index (κ1) is 15.2. The quantitative estimate of drug-likeness (QED) is 0.838. The maximum atomic E-state index is 13.6. The van der Waals surface area contributed by atoms with Crippen LogP contribution in [0.15, 0.2) is 18.2 Å². The standard InChI is InChI=1S/C12H8F4N2O2S/c1-5-9(11(19)20)10(21-18-5)17-8-4-6(12(14,15)16)2-3-7(8)13/h2-4,17H,1H3,(H,19,20). The van der Waals surface area contributed by atoms with Crippen molar-refractivity contribution < 1.29 is 27.5 Å². The fraction of sp³-hybridized carbons (Fsp3) is 0.167. The zero-order valence-corrected chi connectivity index (χ0v) is 11.3. The van der Waals surface area contributed by atoms with E-state index in [-0.39, 0.29) is 16.3 Å². The van der Waals surface area contributed by atoms with Crippen molar-refractivity contribution in [3.63, 3.8) is 0 Å². The second kappa shape index (κ2) is 5.32. The summed E-state index contributed by atoms with van der Waals surface area (Å²) in [6, 6.07) is 1.85. The monoisotopic (exact) mass is 320 g/mol. The Kier molecular flexibility index (Phi) is 3.86. The van der Waals surface area contributed by atoms with Crippen molar-refractivity contribution in [1.82, 2.24) is 4.37 Å². The summed E-state index contributed by atoms with van der Waals surface area (Å²) in [5, 5.41) is 11.3. The summed E-state index contributed by atoms with van der Waals surface area (Å²) in [4.78, 5) is 11.1. The smallest absolute Gasteiger partial charge is 0.416 e. The molecule has 0 unspecified atom stereocenters. The molecule has 4 nitrogen and oxygen atoms in total. The van der Waals surface area contributed by atoms with E-state index in [2.05, 4.69) is 9.69 Å². The van der Waals surface area contributed by atoms with E-state index in [9.17, 15) is 22.4 Å². The van der Waals surface area contributed by atoms with Gasteiger partial charge in [0.05, 0.1) is 16.9 Å². The Balaban J connectivity index is 2.43. The third kappa shape index (κ3) is 3.13. The number of carbonyl (C=O) groups is 1. The van der Waals surface area contributed by atoms with Crippen molar-refractivity contribution in [2.45, 2.75) is 13.1 Å². The molecule has 0 saturated heterocycles. The number of benzene rings is 1. The van der Waals surface area contributed by atoms with Gasteiger partial charge in [0.2, 0.25) is 0 Å². The van der Waals surface area contributed by atoms with Crippen LogP contribution in [0.1, 0.15) is 21.6 Å². The van der Waals surface area contributed by atoms with Gasteiger partial charge in [0.25, 0.3) is 0 Å². The summed E-state index contributed by atoms with van der Waals surface area (Å²) < 4.78 is 55.2. The lowest BCUT2D eigenvalue weighted by Crippen LogP contribution is -2.07. The molecule has 0 aliphatic carbocycles. The number of rotatable bonds is 3. The van der Waals surface area contributed by atoms with Crippen molar-refractivity contribution in [1.29, 1.82) is 0 Å². The minimum absolute atomic E-state index is 0.0294. The molecule has 0 aliphatic heterocycles. The van der Waals surface area contributed by atoms with Crippen LogP contribution in [0.3, 0.4) is 0 Å². The van der Waals surface area contributed by atoms with E-state index in [4.69, 9.17) is 5.11 Å². The number of aromatic nitrogens is 1. The van der Waals surface area contributed by atoms with Crippen LogP contribution in [0.5, 0.6) is 0 Å². The van der Waals surface area contributed by atoms with Gasteiger partial charge >= 0.3 is 12.1 Å². The van der Waals surface area contributed by atoms with Gasteiger partial charge in [-0.1, -0.05) is 0 Å². The highest BCUT2D eigenvalue weighted by Gasteiger charge is 2.31. The maximum absolute atomic E-state index is 13.6. The first-order valence-electron chi connectivity index (χ1n) is 5.53. The fourth-order valence-corrected chi connectivity index (χ4v) is 2.43. The van der Waals surface area contributed by atoms with Gasteiger partial charge in [0.15, 0.2) is 0 Å². The number of nitrogens with zero attached hydrogens (tertiary/aromatic N) is 1. The zero-order valence-electron chi connectivity index (χ0n) is 10.5.